The molecule has 0 spiro atoms. The van der Waals surface area contributed by atoms with E-state index in [0.29, 0.717) is 18.1 Å². The van der Waals surface area contributed by atoms with Crippen LogP contribution in [0, 0.1) is 5.82 Å². The minimum absolute atomic E-state index is 0.112. The quantitative estimate of drug-likeness (QED) is 0.461. The van der Waals surface area contributed by atoms with Crippen molar-refractivity contribution < 1.29 is 13.6 Å². The number of amides is 1. The van der Waals surface area contributed by atoms with Crippen molar-refractivity contribution in [1.82, 2.24) is 4.98 Å². The summed E-state index contributed by atoms with van der Waals surface area (Å²) in [6.07, 6.45) is 2.22. The van der Waals surface area contributed by atoms with Gasteiger partial charge in [0.25, 0.3) is 0 Å². The maximum atomic E-state index is 13.0. The van der Waals surface area contributed by atoms with Crippen LogP contribution in [0.2, 0.25) is 0 Å². The number of hydrogen-bond donors (Lipinski definition) is 1. The van der Waals surface area contributed by atoms with E-state index in [1.165, 1.54) is 12.1 Å². The van der Waals surface area contributed by atoms with E-state index in [4.69, 9.17) is 4.42 Å². The Kier molecular flexibility index (Phi) is 5.47. The van der Waals surface area contributed by atoms with Crippen LogP contribution in [0.4, 0.5) is 10.1 Å². The topological polar surface area (TPSA) is 55.1 Å². The van der Waals surface area contributed by atoms with Crippen molar-refractivity contribution in [2.24, 2.45) is 0 Å². The van der Waals surface area contributed by atoms with Crippen LogP contribution in [0.15, 0.2) is 89.5 Å². The van der Waals surface area contributed by atoms with Gasteiger partial charge >= 0.3 is 0 Å². The van der Waals surface area contributed by atoms with Gasteiger partial charge in [0.05, 0.1) is 6.20 Å². The normalized spacial score (nSPS) is 10.7. The van der Waals surface area contributed by atoms with Crippen LogP contribution < -0.4 is 5.32 Å². The summed E-state index contributed by atoms with van der Waals surface area (Å²) in [4.78, 5) is 16.4. The molecule has 0 aliphatic carbocycles. The summed E-state index contributed by atoms with van der Waals surface area (Å²) < 4.78 is 18.7. The van der Waals surface area contributed by atoms with Crippen molar-refractivity contribution in [1.29, 1.82) is 0 Å². The molecule has 4 nitrogen and oxygen atoms in total. The highest BCUT2D eigenvalue weighted by atomic mass is 19.1. The molecular formula is C24H19FN2O2. The summed E-state index contributed by atoms with van der Waals surface area (Å²) in [7, 11) is 0. The van der Waals surface area contributed by atoms with Gasteiger partial charge in [-0.15, -0.1) is 0 Å². The molecule has 4 aromatic rings. The second-order valence-electron chi connectivity index (χ2n) is 6.62. The van der Waals surface area contributed by atoms with E-state index >= 15 is 0 Å². The van der Waals surface area contributed by atoms with E-state index < -0.39 is 0 Å². The molecular weight excluding hydrogens is 367 g/mol. The highest BCUT2D eigenvalue weighted by Crippen LogP contribution is 2.22. The molecule has 1 amide bonds. The average molecular weight is 386 g/mol. The van der Waals surface area contributed by atoms with Gasteiger partial charge in [-0.3, -0.25) is 4.79 Å². The lowest BCUT2D eigenvalue weighted by molar-refractivity contribution is -0.116. The van der Waals surface area contributed by atoms with Crippen molar-refractivity contribution in [3.8, 4) is 22.5 Å². The van der Waals surface area contributed by atoms with E-state index in [2.05, 4.69) is 10.3 Å². The number of oxazole rings is 1. The number of carbonyl (C=O) groups excluding carboxylic acids is 1. The summed E-state index contributed by atoms with van der Waals surface area (Å²) in [5.41, 5.74) is 3.71. The summed E-state index contributed by atoms with van der Waals surface area (Å²) in [6, 6.07) is 23.8. The summed E-state index contributed by atoms with van der Waals surface area (Å²) in [5, 5.41) is 2.89. The first-order valence-corrected chi connectivity index (χ1v) is 9.33. The minimum atomic E-state index is -0.304. The zero-order chi connectivity index (χ0) is 20.1. The number of hydrogen-bond acceptors (Lipinski definition) is 3. The molecule has 144 valence electrons. The van der Waals surface area contributed by atoms with Crippen LogP contribution in [-0.2, 0) is 11.2 Å². The van der Waals surface area contributed by atoms with Gasteiger partial charge in [-0.05, 0) is 47.5 Å². The monoisotopic (exact) mass is 386 g/mol. The number of halogens is 1. The lowest BCUT2D eigenvalue weighted by Crippen LogP contribution is -2.12. The van der Waals surface area contributed by atoms with Gasteiger partial charge in [0, 0.05) is 24.1 Å². The first kappa shape index (κ1) is 18.6. The van der Waals surface area contributed by atoms with Gasteiger partial charge in [0.15, 0.2) is 11.7 Å². The van der Waals surface area contributed by atoms with Gasteiger partial charge in [0.2, 0.25) is 5.91 Å². The number of carbonyl (C=O) groups is 1. The van der Waals surface area contributed by atoms with E-state index in [1.807, 2.05) is 54.6 Å². The molecule has 1 heterocycles. The number of nitrogens with zero attached hydrogens (tertiary/aromatic N) is 1. The third-order valence-electron chi connectivity index (χ3n) is 4.52. The Hall–Kier alpha value is -3.73. The second-order valence-corrected chi connectivity index (χ2v) is 6.62. The molecule has 0 saturated carbocycles. The fourth-order valence-corrected chi connectivity index (χ4v) is 2.99. The molecule has 29 heavy (non-hydrogen) atoms. The molecule has 1 aromatic heterocycles. The lowest BCUT2D eigenvalue weighted by atomic mass is 10.1. The average Bonchev–Trinajstić information content (AvgIpc) is 3.23. The molecule has 0 saturated heterocycles. The van der Waals surface area contributed by atoms with Crippen molar-refractivity contribution in [2.75, 3.05) is 5.32 Å². The molecule has 0 bridgehead atoms. The summed E-state index contributed by atoms with van der Waals surface area (Å²) in [6.45, 7) is 0. The molecule has 1 N–H and O–H groups in total. The van der Waals surface area contributed by atoms with Gasteiger partial charge in [-0.25, -0.2) is 9.37 Å². The van der Waals surface area contributed by atoms with Gasteiger partial charge in [-0.1, -0.05) is 42.5 Å². The van der Waals surface area contributed by atoms with Crippen LogP contribution >= 0.6 is 0 Å². The molecule has 0 aliphatic rings. The summed E-state index contributed by atoms with van der Waals surface area (Å²) >= 11 is 0. The van der Waals surface area contributed by atoms with Crippen LogP contribution in [0.3, 0.4) is 0 Å². The first-order valence-electron chi connectivity index (χ1n) is 9.33. The van der Waals surface area contributed by atoms with Crippen LogP contribution in [0.1, 0.15) is 12.3 Å². The zero-order valence-electron chi connectivity index (χ0n) is 15.6. The first-order chi connectivity index (χ1) is 14.2. The highest BCUT2D eigenvalue weighted by Gasteiger charge is 2.10. The maximum Gasteiger partial charge on any atom is 0.224 e. The Balaban J connectivity index is 1.32. The Morgan fingerprint density at radius 1 is 0.862 bits per heavy atom. The molecule has 0 radical (unpaired) electrons. The molecule has 0 atom stereocenters. The predicted molar refractivity (Wildman–Crippen MR) is 111 cm³/mol. The number of anilines is 1. The number of nitrogens with one attached hydrogen (secondary N) is 1. The number of aryl methyl sites for hydroxylation is 1. The standard InChI is InChI=1S/C24H19FN2O2/c25-20-10-6-19(7-11-20)22-16-26-24(29-22)15-14-23(28)27-21-12-8-18(9-13-21)17-4-2-1-3-5-17/h1-13,16H,14-15H2,(H,27,28). The predicted octanol–water partition coefficient (Wildman–Crippen LogP) is 5.72. The molecule has 4 rings (SSSR count). The smallest absolute Gasteiger partial charge is 0.224 e. The lowest BCUT2D eigenvalue weighted by Gasteiger charge is -2.06. The highest BCUT2D eigenvalue weighted by molar-refractivity contribution is 5.91. The van der Waals surface area contributed by atoms with Crippen molar-refractivity contribution in [3.05, 3.63) is 96.8 Å². The van der Waals surface area contributed by atoms with E-state index in [0.717, 1.165) is 22.4 Å². The molecule has 3 aromatic carbocycles. The second kappa shape index (κ2) is 8.52. The van der Waals surface area contributed by atoms with Crippen molar-refractivity contribution in [2.45, 2.75) is 12.8 Å². The van der Waals surface area contributed by atoms with E-state index in [9.17, 15) is 9.18 Å². The van der Waals surface area contributed by atoms with Crippen LogP contribution in [0.5, 0.6) is 0 Å². The Bertz CT molecular complexity index is 1090. The largest absolute Gasteiger partial charge is 0.441 e. The third-order valence-corrected chi connectivity index (χ3v) is 4.52. The number of aromatic nitrogens is 1. The van der Waals surface area contributed by atoms with E-state index in [1.54, 1.807) is 18.3 Å². The van der Waals surface area contributed by atoms with E-state index in [-0.39, 0.29) is 18.1 Å². The van der Waals surface area contributed by atoms with Crippen LogP contribution in [0.25, 0.3) is 22.5 Å². The maximum absolute atomic E-state index is 13.0. The molecule has 0 aliphatic heterocycles. The third kappa shape index (κ3) is 4.76. The summed E-state index contributed by atoms with van der Waals surface area (Å²) in [5.74, 6) is 0.608. The zero-order valence-corrected chi connectivity index (χ0v) is 15.6. The minimum Gasteiger partial charge on any atom is -0.441 e. The molecule has 0 fully saturated rings. The van der Waals surface area contributed by atoms with Gasteiger partial charge in [0.1, 0.15) is 5.82 Å². The fraction of sp³-hybridized carbons (Fsp3) is 0.0833. The Morgan fingerprint density at radius 2 is 1.52 bits per heavy atom. The Morgan fingerprint density at radius 3 is 2.24 bits per heavy atom. The fourth-order valence-electron chi connectivity index (χ4n) is 2.99. The number of rotatable bonds is 6. The SMILES string of the molecule is O=C(CCc1ncc(-c2ccc(F)cc2)o1)Nc1ccc(-c2ccccc2)cc1. The molecule has 0 unspecified atom stereocenters. The van der Waals surface area contributed by atoms with Gasteiger partial charge in [-0.2, -0.15) is 0 Å². The van der Waals surface area contributed by atoms with Crippen molar-refractivity contribution in [3.63, 3.8) is 0 Å². The van der Waals surface area contributed by atoms with Gasteiger partial charge < -0.3 is 9.73 Å². The molecule has 5 heteroatoms. The van der Waals surface area contributed by atoms with Crippen molar-refractivity contribution >= 4 is 11.6 Å². The Labute approximate surface area is 168 Å². The number of benzene rings is 3. The van der Waals surface area contributed by atoms with Crippen LogP contribution in [-0.4, -0.2) is 10.9 Å².